The number of benzene rings is 1. The van der Waals surface area contributed by atoms with Gasteiger partial charge in [-0.15, -0.1) is 0 Å². The molecule has 120 valence electrons. The highest BCUT2D eigenvalue weighted by molar-refractivity contribution is 6.06. The number of fused-ring (bicyclic) bond motifs is 7. The Kier molecular flexibility index (Phi) is 2.57. The summed E-state index contributed by atoms with van der Waals surface area (Å²) in [4.78, 5) is 5.24. The first-order valence-electron chi connectivity index (χ1n) is 9.34. The van der Waals surface area contributed by atoms with Crippen molar-refractivity contribution in [3.8, 4) is 0 Å². The summed E-state index contributed by atoms with van der Waals surface area (Å²) in [7, 11) is 0. The van der Waals surface area contributed by atoms with E-state index < -0.39 is 0 Å². The molecular weight excluding hydrogens is 294 g/mol. The highest BCUT2D eigenvalue weighted by Gasteiger charge is 2.39. The van der Waals surface area contributed by atoms with Crippen LogP contribution in [0.3, 0.4) is 0 Å². The molecule has 1 N–H and O–H groups in total. The van der Waals surface area contributed by atoms with Crippen LogP contribution in [0.4, 0.5) is 0 Å². The van der Waals surface area contributed by atoms with Crippen LogP contribution in [0, 0.1) is 11.8 Å². The maximum Gasteiger partial charge on any atom is 0.0716 e. The van der Waals surface area contributed by atoms with Crippen molar-refractivity contribution in [2.75, 3.05) is 0 Å². The molecule has 1 saturated carbocycles. The Hall–Kier alpha value is -2.16. The first-order chi connectivity index (χ1) is 11.9. The molecule has 0 aliphatic heterocycles. The van der Waals surface area contributed by atoms with Crippen molar-refractivity contribution in [1.82, 2.24) is 15.2 Å². The molecule has 3 heteroatoms. The Labute approximate surface area is 141 Å². The summed E-state index contributed by atoms with van der Waals surface area (Å²) in [6, 6.07) is 4.33. The van der Waals surface area contributed by atoms with Crippen molar-refractivity contribution in [2.45, 2.75) is 44.4 Å². The number of allylic oxidation sites excluding steroid dienone is 2. The molecule has 1 aromatic carbocycles. The van der Waals surface area contributed by atoms with Crippen molar-refractivity contribution in [2.24, 2.45) is 11.8 Å². The third-order valence-electron chi connectivity index (χ3n) is 6.55. The second-order valence-electron chi connectivity index (χ2n) is 7.84. The second-order valence-corrected chi connectivity index (χ2v) is 7.84. The number of aryl methyl sites for hydroxylation is 1. The number of aromatic amines is 1. The third-order valence-corrected chi connectivity index (χ3v) is 6.55. The molecule has 3 atom stereocenters. The van der Waals surface area contributed by atoms with Crippen LogP contribution in [0.15, 0.2) is 30.5 Å². The van der Waals surface area contributed by atoms with E-state index in [4.69, 9.17) is 4.98 Å². The fourth-order valence-corrected chi connectivity index (χ4v) is 5.48. The highest BCUT2D eigenvalue weighted by atomic mass is 15.1. The van der Waals surface area contributed by atoms with E-state index in [1.165, 1.54) is 60.5 Å². The van der Waals surface area contributed by atoms with Crippen molar-refractivity contribution >= 4 is 21.8 Å². The lowest BCUT2D eigenvalue weighted by Crippen LogP contribution is -2.15. The zero-order chi connectivity index (χ0) is 15.7. The number of H-pyrrole nitrogens is 1. The van der Waals surface area contributed by atoms with Gasteiger partial charge in [-0.05, 0) is 73.6 Å². The van der Waals surface area contributed by atoms with E-state index in [0.717, 1.165) is 17.4 Å². The maximum atomic E-state index is 5.24. The van der Waals surface area contributed by atoms with Crippen molar-refractivity contribution in [3.05, 3.63) is 47.3 Å². The number of nitrogens with one attached hydrogen (secondary N) is 1. The normalized spacial score (nSPS) is 28.1. The van der Waals surface area contributed by atoms with Crippen LogP contribution in [-0.2, 0) is 12.8 Å². The lowest BCUT2D eigenvalue weighted by atomic mass is 9.80. The molecule has 24 heavy (non-hydrogen) atoms. The van der Waals surface area contributed by atoms with Gasteiger partial charge >= 0.3 is 0 Å². The summed E-state index contributed by atoms with van der Waals surface area (Å²) < 4.78 is 0. The third kappa shape index (κ3) is 1.68. The zero-order valence-corrected chi connectivity index (χ0v) is 13.8. The molecule has 1 fully saturated rings. The molecule has 3 nitrogen and oxygen atoms in total. The smallest absolute Gasteiger partial charge is 0.0716 e. The molecule has 6 rings (SSSR count). The predicted octanol–water partition coefficient (Wildman–Crippen LogP) is 4.67. The molecule has 2 aromatic heterocycles. The summed E-state index contributed by atoms with van der Waals surface area (Å²) in [6.45, 7) is 0. The van der Waals surface area contributed by atoms with E-state index in [1.807, 2.05) is 6.20 Å². The Morgan fingerprint density at radius 1 is 1.00 bits per heavy atom. The summed E-state index contributed by atoms with van der Waals surface area (Å²) in [5.41, 5.74) is 6.88. The number of rotatable bonds is 1. The molecule has 0 radical (unpaired) electrons. The molecule has 0 spiro atoms. The van der Waals surface area contributed by atoms with Crippen molar-refractivity contribution < 1.29 is 0 Å². The summed E-state index contributed by atoms with van der Waals surface area (Å²) in [6.07, 6.45) is 14.5. The van der Waals surface area contributed by atoms with Gasteiger partial charge < -0.3 is 0 Å². The average Bonchev–Trinajstić information content (AvgIpc) is 3.36. The fraction of sp³-hybridized carbons (Fsp3) is 0.429. The molecule has 0 amide bonds. The molecule has 2 bridgehead atoms. The quantitative estimate of drug-likeness (QED) is 0.663. The average molecular weight is 315 g/mol. The van der Waals surface area contributed by atoms with E-state index in [-0.39, 0.29) is 0 Å². The first kappa shape index (κ1) is 13.2. The van der Waals surface area contributed by atoms with E-state index in [2.05, 4.69) is 34.5 Å². The van der Waals surface area contributed by atoms with Gasteiger partial charge in [-0.2, -0.15) is 5.10 Å². The van der Waals surface area contributed by atoms with Gasteiger partial charge in [0.15, 0.2) is 0 Å². The van der Waals surface area contributed by atoms with Gasteiger partial charge in [0.2, 0.25) is 0 Å². The molecular formula is C21H21N3. The monoisotopic (exact) mass is 315 g/mol. The van der Waals surface area contributed by atoms with Gasteiger partial charge in [0, 0.05) is 22.4 Å². The van der Waals surface area contributed by atoms with Gasteiger partial charge in [0.1, 0.15) is 0 Å². The van der Waals surface area contributed by atoms with E-state index in [1.54, 1.807) is 11.1 Å². The topological polar surface area (TPSA) is 41.6 Å². The number of hydrogen-bond donors (Lipinski definition) is 1. The summed E-state index contributed by atoms with van der Waals surface area (Å²) in [5.74, 6) is 2.17. The van der Waals surface area contributed by atoms with Crippen LogP contribution in [0.2, 0.25) is 0 Å². The Morgan fingerprint density at radius 3 is 2.75 bits per heavy atom. The maximum absolute atomic E-state index is 5.24. The minimum atomic E-state index is 0.649. The van der Waals surface area contributed by atoms with Crippen molar-refractivity contribution in [1.29, 1.82) is 0 Å². The van der Waals surface area contributed by atoms with Crippen LogP contribution in [-0.4, -0.2) is 15.2 Å². The molecule has 3 unspecified atom stereocenters. The van der Waals surface area contributed by atoms with Gasteiger partial charge in [-0.3, -0.25) is 10.1 Å². The highest BCUT2D eigenvalue weighted by Crippen LogP contribution is 2.50. The minimum Gasteiger partial charge on any atom is -0.278 e. The Balaban J connectivity index is 1.66. The van der Waals surface area contributed by atoms with Crippen LogP contribution in [0.5, 0.6) is 0 Å². The summed E-state index contributed by atoms with van der Waals surface area (Å²) >= 11 is 0. The number of hydrogen-bond acceptors (Lipinski definition) is 2. The summed E-state index contributed by atoms with van der Waals surface area (Å²) in [5, 5.41) is 10.0. The SMILES string of the molecule is C1=CC2CC1CC2c1nc2ccc3[nH]ncc3c2c2c1CCCC2. The predicted molar refractivity (Wildman–Crippen MR) is 96.1 cm³/mol. The first-order valence-corrected chi connectivity index (χ1v) is 9.34. The molecule has 0 saturated heterocycles. The lowest BCUT2D eigenvalue weighted by molar-refractivity contribution is 0.556. The van der Waals surface area contributed by atoms with Crippen LogP contribution < -0.4 is 0 Å². The van der Waals surface area contributed by atoms with Gasteiger partial charge in [0.25, 0.3) is 0 Å². The standard InChI is InChI=1S/C21H21N3/c1-2-4-15-14(3-1)20-17-11-22-24-18(17)7-8-19(20)23-21(15)16-10-12-5-6-13(16)9-12/h5-8,11-13,16H,1-4,9-10H2,(H,22,24). The number of aromatic nitrogens is 3. The molecule has 3 aliphatic carbocycles. The van der Waals surface area contributed by atoms with Gasteiger partial charge in [-0.25, -0.2) is 0 Å². The fourth-order valence-electron chi connectivity index (χ4n) is 5.48. The lowest BCUT2D eigenvalue weighted by Gasteiger charge is -2.26. The number of pyridine rings is 1. The van der Waals surface area contributed by atoms with Crippen LogP contribution >= 0.6 is 0 Å². The van der Waals surface area contributed by atoms with E-state index >= 15 is 0 Å². The van der Waals surface area contributed by atoms with Gasteiger partial charge in [0.05, 0.1) is 17.2 Å². The molecule has 2 heterocycles. The van der Waals surface area contributed by atoms with E-state index in [9.17, 15) is 0 Å². The second kappa shape index (κ2) is 4.69. The minimum absolute atomic E-state index is 0.649. The van der Waals surface area contributed by atoms with Crippen molar-refractivity contribution in [3.63, 3.8) is 0 Å². The van der Waals surface area contributed by atoms with Crippen LogP contribution in [0.25, 0.3) is 21.8 Å². The number of nitrogens with zero attached hydrogens (tertiary/aromatic N) is 2. The Bertz CT molecular complexity index is 997. The molecule has 3 aromatic rings. The zero-order valence-electron chi connectivity index (χ0n) is 13.8. The van der Waals surface area contributed by atoms with Crippen LogP contribution in [0.1, 0.15) is 48.4 Å². The van der Waals surface area contributed by atoms with Gasteiger partial charge in [-0.1, -0.05) is 12.2 Å². The van der Waals surface area contributed by atoms with E-state index in [0.29, 0.717) is 5.92 Å². The Morgan fingerprint density at radius 2 is 1.92 bits per heavy atom. The largest absolute Gasteiger partial charge is 0.278 e. The molecule has 3 aliphatic rings.